The topological polar surface area (TPSA) is 63.0 Å². The fraction of sp³-hybridized carbons (Fsp3) is 0.750. The van der Waals surface area contributed by atoms with Crippen LogP contribution in [0.4, 0.5) is 11.6 Å². The molecule has 5 nitrogen and oxygen atoms in total. The molecular formula is C8H20N4OSi2. The molecule has 0 fully saturated rings. The first kappa shape index (κ1) is 12.2. The van der Waals surface area contributed by atoms with E-state index in [0.29, 0.717) is 0 Å². The Morgan fingerprint density at radius 3 is 1.40 bits per heavy atom. The smallest absolute Gasteiger partial charge is 0.206 e. The van der Waals surface area contributed by atoms with Crippen LogP contribution in [0.15, 0.2) is 4.63 Å². The van der Waals surface area contributed by atoms with Gasteiger partial charge in [0.25, 0.3) is 0 Å². The van der Waals surface area contributed by atoms with Crippen molar-refractivity contribution in [2.24, 2.45) is 0 Å². The van der Waals surface area contributed by atoms with Gasteiger partial charge in [0.05, 0.1) is 0 Å². The van der Waals surface area contributed by atoms with Crippen molar-refractivity contribution in [3.05, 3.63) is 0 Å². The van der Waals surface area contributed by atoms with Crippen LogP contribution in [0.3, 0.4) is 0 Å². The Balaban J connectivity index is 2.79. The van der Waals surface area contributed by atoms with E-state index in [1.165, 1.54) is 0 Å². The van der Waals surface area contributed by atoms with Crippen molar-refractivity contribution in [2.75, 3.05) is 9.96 Å². The highest BCUT2D eigenvalue weighted by Crippen LogP contribution is 2.21. The minimum Gasteiger partial charge on any atom is -0.390 e. The molecule has 0 saturated heterocycles. The Morgan fingerprint density at radius 1 is 0.800 bits per heavy atom. The monoisotopic (exact) mass is 244 g/mol. The number of rotatable bonds is 4. The summed E-state index contributed by atoms with van der Waals surface area (Å²) < 4.78 is 4.76. The lowest BCUT2D eigenvalue weighted by molar-refractivity contribution is 0.311. The zero-order valence-corrected chi connectivity index (χ0v) is 12.3. The SMILES string of the molecule is C[Si](C)(C)Nc1nonc1N[Si](C)(C)C. The summed E-state index contributed by atoms with van der Waals surface area (Å²) in [5.41, 5.74) is 0. The van der Waals surface area contributed by atoms with E-state index in [-0.39, 0.29) is 0 Å². The van der Waals surface area contributed by atoms with Crippen LogP contribution < -0.4 is 9.96 Å². The molecule has 0 saturated carbocycles. The Bertz CT molecular complexity index is 296. The number of nitrogens with zero attached hydrogens (tertiary/aromatic N) is 2. The highest BCUT2D eigenvalue weighted by Gasteiger charge is 2.22. The zero-order chi connectivity index (χ0) is 11.7. The minimum absolute atomic E-state index is 0.747. The van der Waals surface area contributed by atoms with Gasteiger partial charge in [-0.3, -0.25) is 0 Å². The number of anilines is 2. The van der Waals surface area contributed by atoms with Gasteiger partial charge >= 0.3 is 0 Å². The predicted octanol–water partition coefficient (Wildman–Crippen LogP) is 2.56. The van der Waals surface area contributed by atoms with E-state index in [1.807, 2.05) is 0 Å². The summed E-state index contributed by atoms with van der Waals surface area (Å²) in [6, 6.07) is 0. The molecule has 0 atom stereocenters. The van der Waals surface area contributed by atoms with E-state index in [9.17, 15) is 0 Å². The van der Waals surface area contributed by atoms with Crippen LogP contribution in [-0.2, 0) is 0 Å². The fourth-order valence-electron chi connectivity index (χ4n) is 1.06. The first-order chi connectivity index (χ1) is 6.67. The molecule has 7 heteroatoms. The van der Waals surface area contributed by atoms with Crippen molar-refractivity contribution in [1.29, 1.82) is 0 Å². The van der Waals surface area contributed by atoms with Crippen molar-refractivity contribution in [3.63, 3.8) is 0 Å². The van der Waals surface area contributed by atoms with Crippen LogP contribution in [0.2, 0.25) is 39.3 Å². The van der Waals surface area contributed by atoms with Gasteiger partial charge in [-0.25, -0.2) is 4.63 Å². The number of aromatic nitrogens is 2. The molecule has 2 N–H and O–H groups in total. The number of hydrogen-bond donors (Lipinski definition) is 2. The van der Waals surface area contributed by atoms with Crippen LogP contribution in [-0.4, -0.2) is 26.8 Å². The van der Waals surface area contributed by atoms with Crippen molar-refractivity contribution in [1.82, 2.24) is 10.3 Å². The highest BCUT2D eigenvalue weighted by atomic mass is 28.3. The van der Waals surface area contributed by atoms with Crippen molar-refractivity contribution in [3.8, 4) is 0 Å². The van der Waals surface area contributed by atoms with Crippen LogP contribution in [0.25, 0.3) is 0 Å². The van der Waals surface area contributed by atoms with E-state index in [0.717, 1.165) is 11.6 Å². The van der Waals surface area contributed by atoms with Gasteiger partial charge in [-0.1, -0.05) is 39.3 Å². The van der Waals surface area contributed by atoms with Crippen LogP contribution in [0.1, 0.15) is 0 Å². The molecular weight excluding hydrogens is 224 g/mol. The largest absolute Gasteiger partial charge is 0.390 e. The lowest BCUT2D eigenvalue weighted by Gasteiger charge is -2.21. The molecule has 0 radical (unpaired) electrons. The summed E-state index contributed by atoms with van der Waals surface area (Å²) in [7, 11) is -2.81. The molecule has 0 aliphatic heterocycles. The second-order valence-corrected chi connectivity index (χ2v) is 15.2. The van der Waals surface area contributed by atoms with Gasteiger partial charge < -0.3 is 9.96 Å². The van der Waals surface area contributed by atoms with E-state index >= 15 is 0 Å². The predicted molar refractivity (Wildman–Crippen MR) is 68.2 cm³/mol. The standard InChI is InChI=1S/C8H20N4OSi2/c1-14(2,3)11-7-8(10-13-9-7)12-15(4,5)6/h1-6H3,(H,9,11)(H,10,12). The molecule has 1 aromatic heterocycles. The maximum atomic E-state index is 4.76. The highest BCUT2D eigenvalue weighted by molar-refractivity contribution is 6.80. The molecule has 0 bridgehead atoms. The van der Waals surface area contributed by atoms with Gasteiger partial charge in [-0.05, 0) is 10.3 Å². The maximum absolute atomic E-state index is 4.76. The average Bonchev–Trinajstić information content (AvgIpc) is 2.29. The third-order valence-corrected chi connectivity index (χ3v) is 3.45. The average molecular weight is 244 g/mol. The molecule has 0 spiro atoms. The quantitative estimate of drug-likeness (QED) is 0.797. The molecule has 0 aromatic carbocycles. The molecule has 0 amide bonds. The van der Waals surface area contributed by atoms with Crippen molar-refractivity contribution in [2.45, 2.75) is 39.3 Å². The number of nitrogens with one attached hydrogen (secondary N) is 2. The molecule has 1 aromatic rings. The van der Waals surface area contributed by atoms with Gasteiger partial charge in [0.1, 0.15) is 16.5 Å². The van der Waals surface area contributed by atoms with Gasteiger partial charge in [0.15, 0.2) is 0 Å². The van der Waals surface area contributed by atoms with E-state index in [2.05, 4.69) is 59.6 Å². The molecule has 0 aliphatic carbocycles. The van der Waals surface area contributed by atoms with Gasteiger partial charge in [0, 0.05) is 0 Å². The molecule has 0 unspecified atom stereocenters. The normalized spacial score (nSPS) is 12.7. The van der Waals surface area contributed by atoms with Crippen molar-refractivity contribution < 1.29 is 4.63 Å². The van der Waals surface area contributed by atoms with Gasteiger partial charge in [-0.2, -0.15) is 0 Å². The first-order valence-electron chi connectivity index (χ1n) is 5.06. The second kappa shape index (κ2) is 3.97. The van der Waals surface area contributed by atoms with Crippen molar-refractivity contribution >= 4 is 28.1 Å². The summed E-state index contributed by atoms with van der Waals surface area (Å²) in [5.74, 6) is 1.49. The molecule has 1 rings (SSSR count). The van der Waals surface area contributed by atoms with Crippen LogP contribution >= 0.6 is 0 Å². The van der Waals surface area contributed by atoms with E-state index < -0.39 is 16.5 Å². The molecule has 86 valence electrons. The Hall–Kier alpha value is -0.826. The van der Waals surface area contributed by atoms with Crippen LogP contribution in [0, 0.1) is 0 Å². The summed E-state index contributed by atoms with van der Waals surface area (Å²) in [4.78, 5) is 6.77. The third-order valence-electron chi connectivity index (χ3n) is 1.48. The minimum atomic E-state index is -1.41. The molecule has 1 heterocycles. The summed E-state index contributed by atoms with van der Waals surface area (Å²) in [5, 5.41) is 7.77. The van der Waals surface area contributed by atoms with Gasteiger partial charge in [-0.15, -0.1) is 0 Å². The second-order valence-electron chi connectivity index (χ2n) is 5.71. The Labute approximate surface area is 92.8 Å². The lowest BCUT2D eigenvalue weighted by atomic mass is 10.7. The van der Waals surface area contributed by atoms with Gasteiger partial charge in [0.2, 0.25) is 11.6 Å². The van der Waals surface area contributed by atoms with E-state index in [4.69, 9.17) is 4.63 Å². The zero-order valence-electron chi connectivity index (χ0n) is 10.3. The number of hydrogen-bond acceptors (Lipinski definition) is 5. The van der Waals surface area contributed by atoms with Crippen LogP contribution in [0.5, 0.6) is 0 Å². The summed E-state index contributed by atoms with van der Waals surface area (Å²) >= 11 is 0. The molecule has 0 aliphatic rings. The Kier molecular flexibility index (Phi) is 3.24. The lowest BCUT2D eigenvalue weighted by Crippen LogP contribution is -2.35. The summed E-state index contributed by atoms with van der Waals surface area (Å²) in [6.07, 6.45) is 0. The fourth-order valence-corrected chi connectivity index (χ4v) is 2.81. The van der Waals surface area contributed by atoms with E-state index in [1.54, 1.807) is 0 Å². The maximum Gasteiger partial charge on any atom is 0.206 e. The Morgan fingerprint density at radius 2 is 1.13 bits per heavy atom. The summed E-state index contributed by atoms with van der Waals surface area (Å²) in [6.45, 7) is 13.2. The third kappa shape index (κ3) is 4.47. The first-order valence-corrected chi connectivity index (χ1v) is 12.1. The molecule has 15 heavy (non-hydrogen) atoms.